The fourth-order valence-corrected chi connectivity index (χ4v) is 5.24. The molecular weight excluding hydrogens is 448 g/mol. The first-order chi connectivity index (χ1) is 16.7. The van der Waals surface area contributed by atoms with Crippen LogP contribution in [0.4, 0.5) is 11.4 Å². The zero-order valence-electron chi connectivity index (χ0n) is 19.0. The van der Waals surface area contributed by atoms with Gasteiger partial charge in [-0.15, -0.1) is 0 Å². The Balaban J connectivity index is 1.24. The van der Waals surface area contributed by atoms with E-state index in [1.54, 1.807) is 4.90 Å². The van der Waals surface area contributed by atoms with E-state index in [9.17, 15) is 9.59 Å². The molecule has 0 saturated carbocycles. The smallest absolute Gasteiger partial charge is 0.234 e. The second-order valence-electron chi connectivity index (χ2n) is 8.57. The second kappa shape index (κ2) is 10.4. The molecule has 1 N–H and O–H groups in total. The molecule has 3 heterocycles. The summed E-state index contributed by atoms with van der Waals surface area (Å²) in [6.45, 7) is 2.28. The molecule has 1 unspecified atom stereocenters. The summed E-state index contributed by atoms with van der Waals surface area (Å²) in [7, 11) is 0. The molecule has 7 nitrogen and oxygen atoms in total. The fourth-order valence-electron chi connectivity index (χ4n) is 4.45. The summed E-state index contributed by atoms with van der Waals surface area (Å²) in [6.07, 6.45) is 5.66. The number of anilines is 2. The van der Waals surface area contributed by atoms with Gasteiger partial charge in [0.25, 0.3) is 0 Å². The van der Waals surface area contributed by atoms with E-state index in [0.29, 0.717) is 12.1 Å². The van der Waals surface area contributed by atoms with E-state index in [4.69, 9.17) is 4.74 Å². The lowest BCUT2D eigenvalue weighted by atomic mass is 10.1. The molecule has 34 heavy (non-hydrogen) atoms. The molecule has 0 aliphatic carbocycles. The number of aromatic nitrogens is 2. The molecule has 0 spiro atoms. The van der Waals surface area contributed by atoms with Gasteiger partial charge in [0.1, 0.15) is 0 Å². The Bertz CT molecular complexity index is 1140. The fraction of sp³-hybridized carbons (Fsp3) is 0.346. The van der Waals surface area contributed by atoms with E-state index in [0.717, 1.165) is 61.1 Å². The lowest BCUT2D eigenvalue weighted by Crippen LogP contribution is -2.23. The van der Waals surface area contributed by atoms with Crippen molar-refractivity contribution >= 4 is 35.0 Å². The van der Waals surface area contributed by atoms with Crippen LogP contribution in [0.2, 0.25) is 0 Å². The Labute approximate surface area is 203 Å². The van der Waals surface area contributed by atoms with Crippen molar-refractivity contribution < 1.29 is 14.3 Å². The number of hydrogen-bond donors (Lipinski definition) is 1. The number of benzene rings is 2. The molecule has 1 atom stereocenters. The number of imidazole rings is 1. The summed E-state index contributed by atoms with van der Waals surface area (Å²) in [4.78, 5) is 31.0. The highest BCUT2D eigenvalue weighted by Crippen LogP contribution is 2.29. The molecule has 2 amide bonds. The summed E-state index contributed by atoms with van der Waals surface area (Å²) in [5, 5.41) is 3.76. The average molecular weight is 477 g/mol. The zero-order chi connectivity index (χ0) is 23.3. The first kappa shape index (κ1) is 22.7. The Morgan fingerprint density at radius 3 is 2.65 bits per heavy atom. The first-order valence-corrected chi connectivity index (χ1v) is 12.7. The Morgan fingerprint density at radius 1 is 1.12 bits per heavy atom. The van der Waals surface area contributed by atoms with Crippen LogP contribution in [0.1, 0.15) is 25.7 Å². The predicted molar refractivity (Wildman–Crippen MR) is 134 cm³/mol. The van der Waals surface area contributed by atoms with Crippen molar-refractivity contribution in [2.45, 2.75) is 43.5 Å². The van der Waals surface area contributed by atoms with Crippen LogP contribution in [0.15, 0.2) is 66.0 Å². The molecule has 3 aromatic rings. The van der Waals surface area contributed by atoms with Gasteiger partial charge in [0.15, 0.2) is 5.16 Å². The third-order valence-electron chi connectivity index (χ3n) is 6.17. The van der Waals surface area contributed by atoms with Gasteiger partial charge in [-0.2, -0.15) is 0 Å². The maximum absolute atomic E-state index is 12.7. The topological polar surface area (TPSA) is 76.5 Å². The first-order valence-electron chi connectivity index (χ1n) is 11.7. The molecule has 2 aliphatic heterocycles. The molecule has 0 bridgehead atoms. The number of carbonyl (C=O) groups excluding carboxylic acids is 2. The number of nitrogens with one attached hydrogen (secondary N) is 1. The summed E-state index contributed by atoms with van der Waals surface area (Å²) >= 11 is 1.43. The lowest BCUT2D eigenvalue weighted by molar-refractivity contribution is -0.117. The normalized spacial score (nSPS) is 17.9. The summed E-state index contributed by atoms with van der Waals surface area (Å²) in [5.41, 5.74) is 3.72. The summed E-state index contributed by atoms with van der Waals surface area (Å²) < 4.78 is 8.04. The van der Waals surface area contributed by atoms with Crippen molar-refractivity contribution in [2.75, 3.05) is 29.1 Å². The standard InChI is InChI=1S/C26H28N4O3S/c31-24(28-20-10-12-21(13-11-20)29-14-4-9-25(29)32)18-34-26-27-16-23(19-6-2-1-3-7-19)30(26)17-22-8-5-15-33-22/h1-3,6-7,10-13,16,22H,4-5,8-9,14-15,17-18H2,(H,28,31). The maximum atomic E-state index is 12.7. The summed E-state index contributed by atoms with van der Waals surface area (Å²) in [5.74, 6) is 0.313. The van der Waals surface area contributed by atoms with E-state index < -0.39 is 0 Å². The van der Waals surface area contributed by atoms with Crippen LogP contribution >= 0.6 is 11.8 Å². The number of ether oxygens (including phenoxy) is 1. The molecule has 1 aromatic heterocycles. The van der Waals surface area contributed by atoms with Crippen LogP contribution in [-0.2, 0) is 20.9 Å². The minimum absolute atomic E-state index is 0.0945. The van der Waals surface area contributed by atoms with Gasteiger partial charge in [-0.05, 0) is 49.1 Å². The molecule has 2 fully saturated rings. The number of nitrogens with zero attached hydrogens (tertiary/aromatic N) is 3. The van der Waals surface area contributed by atoms with Crippen LogP contribution in [0, 0.1) is 0 Å². The van der Waals surface area contributed by atoms with E-state index in [-0.39, 0.29) is 23.7 Å². The second-order valence-corrected chi connectivity index (χ2v) is 9.51. The molecule has 5 rings (SSSR count). The highest BCUT2D eigenvalue weighted by molar-refractivity contribution is 7.99. The van der Waals surface area contributed by atoms with E-state index in [1.165, 1.54) is 11.8 Å². The van der Waals surface area contributed by atoms with Gasteiger partial charge in [-0.3, -0.25) is 9.59 Å². The van der Waals surface area contributed by atoms with Gasteiger partial charge in [0.2, 0.25) is 11.8 Å². The Hall–Kier alpha value is -3.10. The molecule has 2 aliphatic rings. The largest absolute Gasteiger partial charge is 0.376 e. The SMILES string of the molecule is O=C(CSc1ncc(-c2ccccc2)n1CC1CCCO1)Nc1ccc(N2CCCC2=O)cc1. The van der Waals surface area contributed by atoms with Crippen LogP contribution in [0.25, 0.3) is 11.3 Å². The van der Waals surface area contributed by atoms with Gasteiger partial charge in [0.05, 0.1) is 30.3 Å². The van der Waals surface area contributed by atoms with Crippen LogP contribution in [0.3, 0.4) is 0 Å². The monoisotopic (exact) mass is 476 g/mol. The van der Waals surface area contributed by atoms with Gasteiger partial charge in [-0.25, -0.2) is 4.98 Å². The van der Waals surface area contributed by atoms with Crippen LogP contribution < -0.4 is 10.2 Å². The Morgan fingerprint density at radius 2 is 1.94 bits per heavy atom. The third kappa shape index (κ3) is 5.18. The van der Waals surface area contributed by atoms with Crippen molar-refractivity contribution in [3.05, 3.63) is 60.8 Å². The minimum atomic E-state index is -0.0945. The van der Waals surface area contributed by atoms with Crippen molar-refractivity contribution in [3.8, 4) is 11.3 Å². The molecule has 176 valence electrons. The molecule has 2 aromatic carbocycles. The van der Waals surface area contributed by atoms with Crippen molar-refractivity contribution in [2.24, 2.45) is 0 Å². The van der Waals surface area contributed by atoms with Crippen molar-refractivity contribution in [1.82, 2.24) is 9.55 Å². The molecular formula is C26H28N4O3S. The van der Waals surface area contributed by atoms with Crippen LogP contribution in [0.5, 0.6) is 0 Å². The quantitative estimate of drug-likeness (QED) is 0.482. The number of thioether (sulfide) groups is 1. The van der Waals surface area contributed by atoms with Crippen molar-refractivity contribution in [3.63, 3.8) is 0 Å². The number of rotatable bonds is 8. The zero-order valence-corrected chi connectivity index (χ0v) is 19.8. The number of hydrogen-bond acceptors (Lipinski definition) is 5. The van der Waals surface area contributed by atoms with Gasteiger partial charge in [-0.1, -0.05) is 42.1 Å². The highest BCUT2D eigenvalue weighted by atomic mass is 32.2. The minimum Gasteiger partial charge on any atom is -0.376 e. The molecule has 8 heteroatoms. The predicted octanol–water partition coefficient (Wildman–Crippen LogP) is 4.59. The average Bonchev–Trinajstić information content (AvgIpc) is 3.61. The molecule has 0 radical (unpaired) electrons. The van der Waals surface area contributed by atoms with Gasteiger partial charge < -0.3 is 19.5 Å². The van der Waals surface area contributed by atoms with Gasteiger partial charge >= 0.3 is 0 Å². The third-order valence-corrected chi connectivity index (χ3v) is 7.16. The number of carbonyl (C=O) groups is 2. The molecule has 2 saturated heterocycles. The van der Waals surface area contributed by atoms with Crippen LogP contribution in [-0.4, -0.2) is 46.4 Å². The van der Waals surface area contributed by atoms with E-state index in [1.807, 2.05) is 48.7 Å². The summed E-state index contributed by atoms with van der Waals surface area (Å²) in [6, 6.07) is 17.6. The van der Waals surface area contributed by atoms with Crippen molar-refractivity contribution in [1.29, 1.82) is 0 Å². The Kier molecular flexibility index (Phi) is 6.97. The van der Waals surface area contributed by atoms with E-state index >= 15 is 0 Å². The number of amides is 2. The highest BCUT2D eigenvalue weighted by Gasteiger charge is 2.22. The van der Waals surface area contributed by atoms with Gasteiger partial charge in [0, 0.05) is 30.9 Å². The lowest BCUT2D eigenvalue weighted by Gasteiger charge is -2.16. The maximum Gasteiger partial charge on any atom is 0.234 e. The van der Waals surface area contributed by atoms with E-state index in [2.05, 4.69) is 27.0 Å².